The number of carbonyl (C=O) groups is 1. The maximum Gasteiger partial charge on any atom is 0.234 e. The summed E-state index contributed by atoms with van der Waals surface area (Å²) in [6.45, 7) is 10.1. The van der Waals surface area contributed by atoms with Crippen molar-refractivity contribution in [3.8, 4) is 0 Å². The number of benzene rings is 1. The van der Waals surface area contributed by atoms with Crippen LogP contribution in [0.25, 0.3) is 0 Å². The van der Waals surface area contributed by atoms with Gasteiger partial charge in [-0.2, -0.15) is 0 Å². The molecule has 1 saturated heterocycles. The van der Waals surface area contributed by atoms with E-state index in [2.05, 4.69) is 47.2 Å². The molecule has 4 heteroatoms. The van der Waals surface area contributed by atoms with Gasteiger partial charge in [0, 0.05) is 26.2 Å². The van der Waals surface area contributed by atoms with E-state index < -0.39 is 0 Å². The highest BCUT2D eigenvalue weighted by Gasteiger charge is 2.19. The van der Waals surface area contributed by atoms with Crippen LogP contribution in [0.3, 0.4) is 0 Å². The molecule has 0 bridgehead atoms. The maximum atomic E-state index is 12.4. The lowest BCUT2D eigenvalue weighted by molar-refractivity contribution is -0.123. The molecular weight excluding hydrogens is 298 g/mol. The largest absolute Gasteiger partial charge is 0.348 e. The number of hydrogen-bond acceptors (Lipinski definition) is 3. The van der Waals surface area contributed by atoms with Gasteiger partial charge >= 0.3 is 0 Å². The van der Waals surface area contributed by atoms with Crippen molar-refractivity contribution in [1.29, 1.82) is 0 Å². The first-order valence-corrected chi connectivity index (χ1v) is 9.51. The number of rotatable bonds is 5. The van der Waals surface area contributed by atoms with Gasteiger partial charge < -0.3 is 10.2 Å². The van der Waals surface area contributed by atoms with Gasteiger partial charge in [-0.3, -0.25) is 9.69 Å². The van der Waals surface area contributed by atoms with Gasteiger partial charge in [0.2, 0.25) is 5.91 Å². The second kappa shape index (κ2) is 8.13. The third-order valence-corrected chi connectivity index (χ3v) is 5.53. The zero-order valence-corrected chi connectivity index (χ0v) is 15.2. The molecule has 132 valence electrons. The number of amides is 1. The molecule has 4 nitrogen and oxygen atoms in total. The van der Waals surface area contributed by atoms with Crippen LogP contribution in [0.2, 0.25) is 0 Å². The van der Waals surface area contributed by atoms with E-state index in [9.17, 15) is 4.79 Å². The van der Waals surface area contributed by atoms with Crippen molar-refractivity contribution in [2.45, 2.75) is 45.6 Å². The standard InChI is InChI=1S/C20H31N3O/c1-3-22-10-12-23(13-11-22)15-20(24)21-16(2)18-9-8-17-6-4-5-7-19(17)14-18/h8-9,14,16H,3-7,10-13,15H2,1-2H3,(H,21,24). The Morgan fingerprint density at radius 1 is 1.08 bits per heavy atom. The number of nitrogens with zero attached hydrogens (tertiary/aromatic N) is 2. The van der Waals surface area contributed by atoms with Gasteiger partial charge in [0.1, 0.15) is 0 Å². The number of hydrogen-bond donors (Lipinski definition) is 1. The molecule has 1 aromatic rings. The van der Waals surface area contributed by atoms with Gasteiger partial charge in [-0.05, 0) is 55.8 Å². The third kappa shape index (κ3) is 4.37. The van der Waals surface area contributed by atoms with Crippen LogP contribution in [0.4, 0.5) is 0 Å². The molecule has 0 radical (unpaired) electrons. The zero-order valence-electron chi connectivity index (χ0n) is 15.2. The fourth-order valence-electron chi connectivity index (χ4n) is 3.86. The number of nitrogens with one attached hydrogen (secondary N) is 1. The van der Waals surface area contributed by atoms with Gasteiger partial charge in [0.25, 0.3) is 0 Å². The van der Waals surface area contributed by atoms with E-state index >= 15 is 0 Å². The molecule has 1 atom stereocenters. The topological polar surface area (TPSA) is 35.6 Å². The average molecular weight is 329 g/mol. The van der Waals surface area contributed by atoms with Gasteiger partial charge in [-0.25, -0.2) is 0 Å². The van der Waals surface area contributed by atoms with Crippen LogP contribution in [0.1, 0.15) is 49.4 Å². The molecule has 1 unspecified atom stereocenters. The van der Waals surface area contributed by atoms with Crippen LogP contribution in [0.5, 0.6) is 0 Å². The third-order valence-electron chi connectivity index (χ3n) is 5.53. The molecule has 24 heavy (non-hydrogen) atoms. The van der Waals surface area contributed by atoms with E-state index in [1.54, 1.807) is 0 Å². The summed E-state index contributed by atoms with van der Waals surface area (Å²) in [7, 11) is 0. The number of likely N-dealkylation sites (N-methyl/N-ethyl adjacent to an activating group) is 1. The fraction of sp³-hybridized carbons (Fsp3) is 0.650. The maximum absolute atomic E-state index is 12.4. The van der Waals surface area contributed by atoms with Crippen molar-refractivity contribution in [3.63, 3.8) is 0 Å². The molecule has 1 aliphatic heterocycles. The fourth-order valence-corrected chi connectivity index (χ4v) is 3.86. The van der Waals surface area contributed by atoms with E-state index in [0.717, 1.165) is 32.7 Å². The summed E-state index contributed by atoms with van der Waals surface area (Å²) >= 11 is 0. The molecule has 1 aromatic carbocycles. The van der Waals surface area contributed by atoms with Crippen molar-refractivity contribution in [3.05, 3.63) is 34.9 Å². The molecule has 2 aliphatic rings. The lowest BCUT2D eigenvalue weighted by Gasteiger charge is -2.33. The highest BCUT2D eigenvalue weighted by atomic mass is 16.2. The van der Waals surface area contributed by atoms with Crippen molar-refractivity contribution < 1.29 is 4.79 Å². The summed E-state index contributed by atoms with van der Waals surface area (Å²) < 4.78 is 0. The summed E-state index contributed by atoms with van der Waals surface area (Å²) in [5.74, 6) is 0.144. The van der Waals surface area contributed by atoms with Gasteiger partial charge in [-0.15, -0.1) is 0 Å². The normalized spacial score (nSPS) is 20.4. The summed E-state index contributed by atoms with van der Waals surface area (Å²) in [5.41, 5.74) is 4.22. The van der Waals surface area contributed by atoms with E-state index in [1.807, 2.05) is 0 Å². The SMILES string of the molecule is CCN1CCN(CC(=O)NC(C)c2ccc3c(c2)CCCC3)CC1. The summed E-state index contributed by atoms with van der Waals surface area (Å²) in [6.07, 6.45) is 5.00. The predicted molar refractivity (Wildman–Crippen MR) is 98.2 cm³/mol. The molecule has 0 saturated carbocycles. The van der Waals surface area contributed by atoms with Crippen LogP contribution in [-0.2, 0) is 17.6 Å². The van der Waals surface area contributed by atoms with Crippen LogP contribution in [0, 0.1) is 0 Å². The Hall–Kier alpha value is -1.39. The van der Waals surface area contributed by atoms with Crippen molar-refractivity contribution in [1.82, 2.24) is 15.1 Å². The summed E-state index contributed by atoms with van der Waals surface area (Å²) in [4.78, 5) is 17.1. The highest BCUT2D eigenvalue weighted by Crippen LogP contribution is 2.24. The van der Waals surface area contributed by atoms with Crippen molar-refractivity contribution >= 4 is 5.91 Å². The average Bonchev–Trinajstić information content (AvgIpc) is 2.61. The Morgan fingerprint density at radius 3 is 2.46 bits per heavy atom. The Kier molecular flexibility index (Phi) is 5.90. The minimum absolute atomic E-state index is 0.0849. The van der Waals surface area contributed by atoms with Crippen molar-refractivity contribution in [2.75, 3.05) is 39.3 Å². The number of fused-ring (bicyclic) bond motifs is 1. The first-order chi connectivity index (χ1) is 11.7. The number of aryl methyl sites for hydroxylation is 2. The second-order valence-corrected chi connectivity index (χ2v) is 7.23. The predicted octanol–water partition coefficient (Wildman–Crippen LogP) is 2.38. The van der Waals surface area contributed by atoms with Gasteiger partial charge in [0.05, 0.1) is 12.6 Å². The molecule has 1 fully saturated rings. The smallest absolute Gasteiger partial charge is 0.234 e. The summed E-state index contributed by atoms with van der Waals surface area (Å²) in [5, 5.41) is 3.18. The van der Waals surface area contributed by atoms with E-state index in [1.165, 1.54) is 42.4 Å². The highest BCUT2D eigenvalue weighted by molar-refractivity contribution is 5.78. The number of carbonyl (C=O) groups excluding carboxylic acids is 1. The first kappa shape index (κ1) is 17.4. The van der Waals surface area contributed by atoms with Gasteiger partial charge in [0.15, 0.2) is 0 Å². The number of piperazine rings is 1. The van der Waals surface area contributed by atoms with Crippen molar-refractivity contribution in [2.24, 2.45) is 0 Å². The Balaban J connectivity index is 1.51. The summed E-state index contributed by atoms with van der Waals surface area (Å²) in [6, 6.07) is 6.84. The molecule has 0 spiro atoms. The lowest BCUT2D eigenvalue weighted by atomic mass is 9.89. The molecule has 3 rings (SSSR count). The van der Waals surface area contributed by atoms with Gasteiger partial charge in [-0.1, -0.05) is 25.1 Å². The molecule has 0 aromatic heterocycles. The second-order valence-electron chi connectivity index (χ2n) is 7.23. The quantitative estimate of drug-likeness (QED) is 0.901. The minimum atomic E-state index is 0.0849. The van der Waals surface area contributed by atoms with Crippen LogP contribution < -0.4 is 5.32 Å². The Bertz CT molecular complexity index is 564. The van der Waals surface area contributed by atoms with E-state index in [0.29, 0.717) is 6.54 Å². The van der Waals surface area contributed by atoms with Crippen LogP contribution in [0.15, 0.2) is 18.2 Å². The Labute approximate surface area is 146 Å². The lowest BCUT2D eigenvalue weighted by Crippen LogP contribution is -2.49. The van der Waals surface area contributed by atoms with Crippen LogP contribution >= 0.6 is 0 Å². The molecule has 1 amide bonds. The molecular formula is C20H31N3O. The minimum Gasteiger partial charge on any atom is -0.348 e. The molecule has 1 N–H and O–H groups in total. The first-order valence-electron chi connectivity index (χ1n) is 9.51. The van der Waals surface area contributed by atoms with Crippen LogP contribution in [-0.4, -0.2) is 55.0 Å². The zero-order chi connectivity index (χ0) is 16.9. The van der Waals surface area contributed by atoms with E-state index in [4.69, 9.17) is 0 Å². The Morgan fingerprint density at radius 2 is 1.75 bits per heavy atom. The molecule has 1 heterocycles. The van der Waals surface area contributed by atoms with E-state index in [-0.39, 0.29) is 11.9 Å². The monoisotopic (exact) mass is 329 g/mol. The molecule has 1 aliphatic carbocycles.